The van der Waals surface area contributed by atoms with Crippen molar-refractivity contribution in [3.05, 3.63) is 29.3 Å². The lowest BCUT2D eigenvalue weighted by Crippen LogP contribution is -2.50. The zero-order valence-electron chi connectivity index (χ0n) is 13.0. The number of carbonyl (C=O) groups excluding carboxylic acids is 1. The fourth-order valence-corrected chi connectivity index (χ4v) is 3.13. The summed E-state index contributed by atoms with van der Waals surface area (Å²) in [5.41, 5.74) is 0. The molecule has 1 heterocycles. The van der Waals surface area contributed by atoms with Crippen LogP contribution in [0.4, 0.5) is 0 Å². The smallest absolute Gasteiger partial charge is 0.226 e. The molecule has 2 unspecified atom stereocenters. The molecule has 1 aromatic rings. The summed E-state index contributed by atoms with van der Waals surface area (Å²) < 4.78 is 5.72. The highest BCUT2D eigenvalue weighted by atomic mass is 35.5. The van der Waals surface area contributed by atoms with Gasteiger partial charge in [0, 0.05) is 38.6 Å². The van der Waals surface area contributed by atoms with Gasteiger partial charge in [0.2, 0.25) is 5.91 Å². The Morgan fingerprint density at radius 1 is 1.27 bits per heavy atom. The molecule has 2 atom stereocenters. The van der Waals surface area contributed by atoms with Crippen molar-refractivity contribution in [2.75, 3.05) is 39.3 Å². The molecule has 22 heavy (non-hydrogen) atoms. The van der Waals surface area contributed by atoms with E-state index in [2.05, 4.69) is 11.8 Å². The summed E-state index contributed by atoms with van der Waals surface area (Å²) in [4.78, 5) is 16.6. The zero-order valence-corrected chi connectivity index (χ0v) is 13.8. The van der Waals surface area contributed by atoms with Crippen molar-refractivity contribution in [1.29, 1.82) is 0 Å². The van der Waals surface area contributed by atoms with Crippen molar-refractivity contribution in [2.45, 2.75) is 13.3 Å². The van der Waals surface area contributed by atoms with E-state index < -0.39 is 0 Å². The van der Waals surface area contributed by atoms with E-state index in [9.17, 15) is 4.79 Å². The van der Waals surface area contributed by atoms with Crippen LogP contribution in [-0.4, -0.2) is 55.0 Å². The fourth-order valence-electron chi connectivity index (χ4n) is 2.94. The van der Waals surface area contributed by atoms with Crippen LogP contribution >= 0.6 is 11.6 Å². The SMILES string of the molecule is CC1CC1C(=O)N1CCN(CCOc2ccccc2Cl)CC1. The average molecular weight is 323 g/mol. The van der Waals surface area contributed by atoms with Crippen LogP contribution in [0.3, 0.4) is 0 Å². The highest BCUT2D eigenvalue weighted by Crippen LogP contribution is 2.39. The largest absolute Gasteiger partial charge is 0.491 e. The predicted molar refractivity (Wildman–Crippen MR) is 87.2 cm³/mol. The van der Waals surface area contributed by atoms with E-state index in [0.717, 1.165) is 44.9 Å². The standard InChI is InChI=1S/C17H23ClN2O2/c1-13-12-14(13)17(21)20-8-6-19(7-9-20)10-11-22-16-5-3-2-4-15(16)18/h2-5,13-14H,6-12H2,1H3. The normalized spacial score (nSPS) is 25.1. The zero-order chi connectivity index (χ0) is 15.5. The van der Waals surface area contributed by atoms with Crippen LogP contribution in [0.2, 0.25) is 5.02 Å². The van der Waals surface area contributed by atoms with Gasteiger partial charge in [-0.3, -0.25) is 9.69 Å². The molecule has 0 N–H and O–H groups in total. The molecule has 0 radical (unpaired) electrons. The van der Waals surface area contributed by atoms with Crippen LogP contribution in [0.25, 0.3) is 0 Å². The quantitative estimate of drug-likeness (QED) is 0.835. The number of ether oxygens (including phenoxy) is 1. The first-order valence-electron chi connectivity index (χ1n) is 8.03. The van der Waals surface area contributed by atoms with E-state index in [-0.39, 0.29) is 0 Å². The van der Waals surface area contributed by atoms with Crippen LogP contribution < -0.4 is 4.74 Å². The number of piperazine rings is 1. The van der Waals surface area contributed by atoms with Gasteiger partial charge in [-0.1, -0.05) is 30.7 Å². The lowest BCUT2D eigenvalue weighted by Gasteiger charge is -2.34. The van der Waals surface area contributed by atoms with Gasteiger partial charge in [0.05, 0.1) is 5.02 Å². The van der Waals surface area contributed by atoms with Gasteiger partial charge in [-0.25, -0.2) is 0 Å². The van der Waals surface area contributed by atoms with Gasteiger partial charge in [0.15, 0.2) is 0 Å². The van der Waals surface area contributed by atoms with Crippen molar-refractivity contribution in [3.8, 4) is 5.75 Å². The summed E-state index contributed by atoms with van der Waals surface area (Å²) in [6.07, 6.45) is 1.07. The van der Waals surface area contributed by atoms with Gasteiger partial charge < -0.3 is 9.64 Å². The second-order valence-corrected chi connectivity index (χ2v) is 6.67. The number of halogens is 1. The molecule has 4 nitrogen and oxygen atoms in total. The molecule has 0 spiro atoms. The molecular weight excluding hydrogens is 300 g/mol. The fraction of sp³-hybridized carbons (Fsp3) is 0.588. The van der Waals surface area contributed by atoms with Gasteiger partial charge in [-0.15, -0.1) is 0 Å². The minimum atomic E-state index is 0.301. The van der Waals surface area contributed by atoms with Gasteiger partial charge >= 0.3 is 0 Å². The summed E-state index contributed by atoms with van der Waals surface area (Å²) >= 11 is 6.06. The monoisotopic (exact) mass is 322 g/mol. The maximum Gasteiger partial charge on any atom is 0.226 e. The molecule has 1 saturated carbocycles. The Bertz CT molecular complexity index is 529. The number of hydrogen-bond acceptors (Lipinski definition) is 3. The molecule has 1 aliphatic heterocycles. The molecule has 1 aliphatic carbocycles. The van der Waals surface area contributed by atoms with E-state index in [1.54, 1.807) is 0 Å². The van der Waals surface area contributed by atoms with Gasteiger partial charge in [0.25, 0.3) is 0 Å². The number of rotatable bonds is 5. The predicted octanol–water partition coefficient (Wildman–Crippen LogP) is 2.52. The number of nitrogens with zero attached hydrogens (tertiary/aromatic N) is 2. The molecule has 0 aromatic heterocycles. The molecule has 5 heteroatoms. The lowest BCUT2D eigenvalue weighted by atomic mass is 10.2. The average Bonchev–Trinajstić information content (AvgIpc) is 3.26. The molecule has 2 fully saturated rings. The number of amides is 1. The Morgan fingerprint density at radius 3 is 2.59 bits per heavy atom. The van der Waals surface area contributed by atoms with E-state index in [0.29, 0.717) is 29.4 Å². The third-order valence-electron chi connectivity index (χ3n) is 4.61. The second kappa shape index (κ2) is 6.88. The number of hydrogen-bond donors (Lipinski definition) is 0. The van der Waals surface area contributed by atoms with Gasteiger partial charge in [-0.05, 0) is 24.5 Å². The van der Waals surface area contributed by atoms with Crippen LogP contribution in [0.5, 0.6) is 5.75 Å². The molecule has 120 valence electrons. The van der Waals surface area contributed by atoms with E-state index in [1.807, 2.05) is 29.2 Å². The van der Waals surface area contributed by atoms with Crippen LogP contribution in [0, 0.1) is 11.8 Å². The summed E-state index contributed by atoms with van der Waals surface area (Å²) in [6.45, 7) is 7.19. The van der Waals surface area contributed by atoms with Crippen molar-refractivity contribution in [3.63, 3.8) is 0 Å². The number of carbonyl (C=O) groups is 1. The molecular formula is C17H23ClN2O2. The Labute approximate surface area is 137 Å². The van der Waals surface area contributed by atoms with Crippen molar-refractivity contribution in [2.24, 2.45) is 11.8 Å². The minimum absolute atomic E-state index is 0.301. The molecule has 1 amide bonds. The molecule has 2 aliphatic rings. The van der Waals surface area contributed by atoms with E-state index in [1.165, 1.54) is 0 Å². The molecule has 3 rings (SSSR count). The molecule has 1 saturated heterocycles. The molecule has 0 bridgehead atoms. The van der Waals surface area contributed by atoms with Crippen LogP contribution in [0.15, 0.2) is 24.3 Å². The van der Waals surface area contributed by atoms with E-state index in [4.69, 9.17) is 16.3 Å². The van der Waals surface area contributed by atoms with Gasteiger partial charge in [0.1, 0.15) is 12.4 Å². The maximum atomic E-state index is 12.2. The first-order chi connectivity index (χ1) is 10.6. The highest BCUT2D eigenvalue weighted by Gasteiger charge is 2.41. The van der Waals surface area contributed by atoms with Crippen molar-refractivity contribution >= 4 is 17.5 Å². The number of para-hydroxylation sites is 1. The maximum absolute atomic E-state index is 12.2. The summed E-state index contributed by atoms with van der Waals surface area (Å²) in [5.74, 6) is 1.99. The Hall–Kier alpha value is -1.26. The Morgan fingerprint density at radius 2 is 1.95 bits per heavy atom. The van der Waals surface area contributed by atoms with Crippen LogP contribution in [-0.2, 0) is 4.79 Å². The van der Waals surface area contributed by atoms with E-state index >= 15 is 0 Å². The summed E-state index contributed by atoms with van der Waals surface area (Å²) in [5, 5.41) is 0.650. The number of benzene rings is 1. The minimum Gasteiger partial charge on any atom is -0.491 e. The summed E-state index contributed by atoms with van der Waals surface area (Å²) in [6, 6.07) is 7.53. The lowest BCUT2D eigenvalue weighted by molar-refractivity contribution is -0.134. The third kappa shape index (κ3) is 3.73. The Balaban J connectivity index is 1.37. The summed E-state index contributed by atoms with van der Waals surface area (Å²) in [7, 11) is 0. The van der Waals surface area contributed by atoms with Crippen molar-refractivity contribution in [1.82, 2.24) is 9.80 Å². The van der Waals surface area contributed by atoms with Crippen LogP contribution in [0.1, 0.15) is 13.3 Å². The first kappa shape index (κ1) is 15.6. The van der Waals surface area contributed by atoms with Gasteiger partial charge in [-0.2, -0.15) is 0 Å². The van der Waals surface area contributed by atoms with Crippen molar-refractivity contribution < 1.29 is 9.53 Å². The third-order valence-corrected chi connectivity index (χ3v) is 4.92. The molecule has 1 aromatic carbocycles. The topological polar surface area (TPSA) is 32.8 Å². The second-order valence-electron chi connectivity index (χ2n) is 6.27. The highest BCUT2D eigenvalue weighted by molar-refractivity contribution is 6.32. The Kier molecular flexibility index (Phi) is 4.89. The first-order valence-corrected chi connectivity index (χ1v) is 8.41.